The van der Waals surface area contributed by atoms with Crippen LogP contribution in [0.25, 0.3) is 16.2 Å². The van der Waals surface area contributed by atoms with Gasteiger partial charge in [0.2, 0.25) is 5.91 Å². The van der Waals surface area contributed by atoms with Gasteiger partial charge in [0.05, 0.1) is 22.3 Å². The number of amides is 1. The zero-order chi connectivity index (χ0) is 16.2. The third-order valence-electron chi connectivity index (χ3n) is 3.29. The van der Waals surface area contributed by atoms with E-state index in [4.69, 9.17) is 11.6 Å². The van der Waals surface area contributed by atoms with E-state index >= 15 is 0 Å². The Morgan fingerprint density at radius 2 is 2.22 bits per heavy atom. The number of hydrogen-bond donors (Lipinski definition) is 1. The fraction of sp³-hybridized carbons (Fsp3) is 0.176. The SMILES string of the molecule is CCc1nc(CNC(=O)/C=C/c2sc3ccccc3c2Cl)cs1. The molecule has 0 radical (unpaired) electrons. The number of fused-ring (bicyclic) bond motifs is 1. The second-order valence-electron chi connectivity index (χ2n) is 4.91. The minimum Gasteiger partial charge on any atom is -0.347 e. The van der Waals surface area contributed by atoms with Gasteiger partial charge in [0.25, 0.3) is 0 Å². The van der Waals surface area contributed by atoms with Crippen LogP contribution in [0.4, 0.5) is 0 Å². The number of halogens is 1. The van der Waals surface area contributed by atoms with Crippen molar-refractivity contribution in [3.63, 3.8) is 0 Å². The number of aromatic nitrogens is 1. The number of aryl methyl sites for hydroxylation is 1. The molecule has 3 aromatic rings. The summed E-state index contributed by atoms with van der Waals surface area (Å²) < 4.78 is 1.12. The van der Waals surface area contributed by atoms with E-state index in [9.17, 15) is 4.79 Å². The van der Waals surface area contributed by atoms with Gasteiger partial charge >= 0.3 is 0 Å². The largest absolute Gasteiger partial charge is 0.347 e. The van der Waals surface area contributed by atoms with Crippen LogP contribution in [-0.2, 0) is 17.8 Å². The lowest BCUT2D eigenvalue weighted by Gasteiger charge is -1.98. The van der Waals surface area contributed by atoms with Crippen LogP contribution in [0.15, 0.2) is 35.7 Å². The Bertz CT molecular complexity index is 866. The first kappa shape index (κ1) is 16.2. The molecule has 118 valence electrons. The van der Waals surface area contributed by atoms with Crippen LogP contribution in [0.5, 0.6) is 0 Å². The molecule has 0 saturated carbocycles. The zero-order valence-corrected chi connectivity index (χ0v) is 14.9. The summed E-state index contributed by atoms with van der Waals surface area (Å²) in [4.78, 5) is 17.2. The van der Waals surface area contributed by atoms with Crippen molar-refractivity contribution in [1.82, 2.24) is 10.3 Å². The van der Waals surface area contributed by atoms with Crippen LogP contribution in [0, 0.1) is 0 Å². The smallest absolute Gasteiger partial charge is 0.244 e. The van der Waals surface area contributed by atoms with Crippen molar-refractivity contribution in [3.8, 4) is 0 Å². The molecule has 3 rings (SSSR count). The predicted molar refractivity (Wildman–Crippen MR) is 99.2 cm³/mol. The second-order valence-corrected chi connectivity index (χ2v) is 7.32. The summed E-state index contributed by atoms with van der Waals surface area (Å²) in [6.07, 6.45) is 4.20. The van der Waals surface area contributed by atoms with Gasteiger partial charge in [0.1, 0.15) is 0 Å². The Morgan fingerprint density at radius 1 is 1.39 bits per heavy atom. The molecular weight excluding hydrogens is 348 g/mol. The van der Waals surface area contributed by atoms with Gasteiger partial charge in [-0.15, -0.1) is 22.7 Å². The molecular formula is C17H15ClN2OS2. The lowest BCUT2D eigenvalue weighted by molar-refractivity contribution is -0.116. The summed E-state index contributed by atoms with van der Waals surface area (Å²) >= 11 is 9.55. The molecule has 23 heavy (non-hydrogen) atoms. The van der Waals surface area contributed by atoms with Crippen molar-refractivity contribution in [3.05, 3.63) is 56.3 Å². The first-order chi connectivity index (χ1) is 11.2. The van der Waals surface area contributed by atoms with Crippen LogP contribution < -0.4 is 5.32 Å². The minimum absolute atomic E-state index is 0.149. The maximum absolute atomic E-state index is 11.9. The highest BCUT2D eigenvalue weighted by molar-refractivity contribution is 7.20. The molecule has 0 atom stereocenters. The number of thiazole rings is 1. The highest BCUT2D eigenvalue weighted by Crippen LogP contribution is 2.35. The average molecular weight is 363 g/mol. The van der Waals surface area contributed by atoms with Crippen LogP contribution in [-0.4, -0.2) is 10.9 Å². The van der Waals surface area contributed by atoms with Gasteiger partial charge < -0.3 is 5.32 Å². The number of thiophene rings is 1. The molecule has 0 spiro atoms. The molecule has 6 heteroatoms. The minimum atomic E-state index is -0.149. The third-order valence-corrected chi connectivity index (χ3v) is 5.99. The number of carbonyl (C=O) groups is 1. The molecule has 0 bridgehead atoms. The molecule has 0 aliphatic rings. The van der Waals surface area contributed by atoms with Gasteiger partial charge in [-0.2, -0.15) is 0 Å². The van der Waals surface area contributed by atoms with Crippen LogP contribution in [0.2, 0.25) is 5.02 Å². The number of nitrogens with zero attached hydrogens (tertiary/aromatic N) is 1. The summed E-state index contributed by atoms with van der Waals surface area (Å²) in [6.45, 7) is 2.51. The molecule has 0 unspecified atom stereocenters. The fourth-order valence-corrected chi connectivity index (χ4v) is 4.26. The predicted octanol–water partition coefficient (Wildman–Crippen LogP) is 4.90. The van der Waals surface area contributed by atoms with E-state index < -0.39 is 0 Å². The maximum Gasteiger partial charge on any atom is 0.244 e. The average Bonchev–Trinajstić information content (AvgIpc) is 3.16. The molecule has 1 amide bonds. The number of benzene rings is 1. The van der Waals surface area contributed by atoms with E-state index in [1.165, 1.54) is 6.08 Å². The highest BCUT2D eigenvalue weighted by Gasteiger charge is 2.08. The van der Waals surface area contributed by atoms with Crippen LogP contribution in [0.1, 0.15) is 22.5 Å². The lowest BCUT2D eigenvalue weighted by atomic mass is 10.2. The van der Waals surface area contributed by atoms with E-state index in [2.05, 4.69) is 17.2 Å². The summed E-state index contributed by atoms with van der Waals surface area (Å²) in [5.74, 6) is -0.149. The highest BCUT2D eigenvalue weighted by atomic mass is 35.5. The second kappa shape index (κ2) is 7.25. The van der Waals surface area contributed by atoms with Gasteiger partial charge in [-0.3, -0.25) is 4.79 Å². The summed E-state index contributed by atoms with van der Waals surface area (Å²) in [7, 11) is 0. The molecule has 0 fully saturated rings. The fourth-order valence-electron chi connectivity index (χ4n) is 2.12. The first-order valence-corrected chi connectivity index (χ1v) is 9.31. The number of hydrogen-bond acceptors (Lipinski definition) is 4. The van der Waals surface area contributed by atoms with E-state index in [0.29, 0.717) is 11.6 Å². The third kappa shape index (κ3) is 3.80. The number of carbonyl (C=O) groups excluding carboxylic acids is 1. The Labute approximate surface area is 147 Å². The van der Waals surface area contributed by atoms with Crippen molar-refractivity contribution in [1.29, 1.82) is 0 Å². The molecule has 3 nitrogen and oxygen atoms in total. The van der Waals surface area contributed by atoms with Gasteiger partial charge in [-0.05, 0) is 18.6 Å². The van der Waals surface area contributed by atoms with E-state index in [0.717, 1.165) is 32.1 Å². The number of rotatable bonds is 5. The van der Waals surface area contributed by atoms with Crippen molar-refractivity contribution in [2.24, 2.45) is 0 Å². The van der Waals surface area contributed by atoms with E-state index in [1.807, 2.05) is 29.6 Å². The van der Waals surface area contributed by atoms with Crippen LogP contribution >= 0.6 is 34.3 Å². The normalized spacial score (nSPS) is 11.4. The van der Waals surface area contributed by atoms with Gasteiger partial charge in [0, 0.05) is 26.4 Å². The maximum atomic E-state index is 11.9. The number of nitrogens with one attached hydrogen (secondary N) is 1. The van der Waals surface area contributed by atoms with Crippen molar-refractivity contribution in [2.75, 3.05) is 0 Å². The standard InChI is InChI=1S/C17H15ClN2OS2/c1-2-16-20-11(10-22-16)9-19-15(21)8-7-14-17(18)12-5-3-4-6-13(12)23-14/h3-8,10H,2,9H2,1H3,(H,19,21)/b8-7+. The summed E-state index contributed by atoms with van der Waals surface area (Å²) in [5.41, 5.74) is 0.897. The van der Waals surface area contributed by atoms with Crippen molar-refractivity contribution < 1.29 is 4.79 Å². The monoisotopic (exact) mass is 362 g/mol. The summed E-state index contributed by atoms with van der Waals surface area (Å²) in [6, 6.07) is 7.95. The lowest BCUT2D eigenvalue weighted by Crippen LogP contribution is -2.20. The molecule has 1 N–H and O–H groups in total. The molecule has 0 aliphatic heterocycles. The Hall–Kier alpha value is -1.69. The Balaban J connectivity index is 1.64. The molecule has 2 aromatic heterocycles. The summed E-state index contributed by atoms with van der Waals surface area (Å²) in [5, 5.41) is 7.62. The Kier molecular flexibility index (Phi) is 5.10. The zero-order valence-electron chi connectivity index (χ0n) is 12.5. The van der Waals surface area contributed by atoms with E-state index in [-0.39, 0.29) is 5.91 Å². The van der Waals surface area contributed by atoms with E-state index in [1.54, 1.807) is 28.7 Å². The Morgan fingerprint density at radius 3 is 2.96 bits per heavy atom. The molecule has 0 aliphatic carbocycles. The first-order valence-electron chi connectivity index (χ1n) is 7.23. The topological polar surface area (TPSA) is 42.0 Å². The van der Waals surface area contributed by atoms with Gasteiger partial charge in [0.15, 0.2) is 0 Å². The molecule has 1 aromatic carbocycles. The van der Waals surface area contributed by atoms with Gasteiger partial charge in [-0.25, -0.2) is 4.98 Å². The molecule has 0 saturated heterocycles. The van der Waals surface area contributed by atoms with Gasteiger partial charge in [-0.1, -0.05) is 36.7 Å². The molecule has 2 heterocycles. The van der Waals surface area contributed by atoms with Crippen LogP contribution in [0.3, 0.4) is 0 Å². The van der Waals surface area contributed by atoms with Crippen molar-refractivity contribution in [2.45, 2.75) is 19.9 Å². The van der Waals surface area contributed by atoms with Crippen molar-refractivity contribution >= 4 is 56.3 Å². The quantitative estimate of drug-likeness (QED) is 0.655.